The number of guanidine groups is 1. The molecule has 1 aromatic carbocycles. The van der Waals surface area contributed by atoms with E-state index in [-0.39, 0.29) is 30.1 Å². The molecule has 1 aliphatic heterocycles. The highest BCUT2D eigenvalue weighted by molar-refractivity contribution is 14.0. The maximum absolute atomic E-state index is 5.98. The molecule has 0 saturated carbocycles. The lowest BCUT2D eigenvalue weighted by molar-refractivity contribution is 0.0203. The number of nitrogens with one attached hydrogen (secondary N) is 2. The van der Waals surface area contributed by atoms with Gasteiger partial charge < -0.3 is 24.8 Å². The first-order valence-corrected chi connectivity index (χ1v) is 10.1. The van der Waals surface area contributed by atoms with Crippen LogP contribution >= 0.6 is 35.6 Å². The molecule has 8 heteroatoms. The SMILES string of the molecule is CN=C(NCCCOCC1CCOCC1)NCC(C)Oc1cccc(Cl)c1.I. The Morgan fingerprint density at radius 2 is 2.11 bits per heavy atom. The number of halogens is 2. The molecule has 0 aliphatic carbocycles. The fourth-order valence-electron chi connectivity index (χ4n) is 2.82. The molecule has 1 unspecified atom stereocenters. The van der Waals surface area contributed by atoms with Crippen LogP contribution in [-0.2, 0) is 9.47 Å². The molecule has 1 aliphatic rings. The van der Waals surface area contributed by atoms with Crippen LogP contribution in [0.2, 0.25) is 5.02 Å². The molecule has 1 saturated heterocycles. The molecule has 6 nitrogen and oxygen atoms in total. The maximum atomic E-state index is 5.98. The Morgan fingerprint density at radius 3 is 2.82 bits per heavy atom. The summed E-state index contributed by atoms with van der Waals surface area (Å²) in [4.78, 5) is 4.24. The van der Waals surface area contributed by atoms with Gasteiger partial charge in [0.05, 0.1) is 6.54 Å². The van der Waals surface area contributed by atoms with Gasteiger partial charge in [0.2, 0.25) is 0 Å². The molecule has 2 N–H and O–H groups in total. The molecule has 0 aromatic heterocycles. The van der Waals surface area contributed by atoms with E-state index in [1.54, 1.807) is 7.05 Å². The highest BCUT2D eigenvalue weighted by Gasteiger charge is 2.13. The van der Waals surface area contributed by atoms with Gasteiger partial charge in [0.1, 0.15) is 11.9 Å². The van der Waals surface area contributed by atoms with Gasteiger partial charge in [0, 0.05) is 45.0 Å². The third kappa shape index (κ3) is 10.7. The van der Waals surface area contributed by atoms with Gasteiger partial charge >= 0.3 is 0 Å². The minimum absolute atomic E-state index is 0. The van der Waals surface area contributed by atoms with Crippen molar-refractivity contribution in [1.29, 1.82) is 0 Å². The van der Waals surface area contributed by atoms with Crippen molar-refractivity contribution in [3.63, 3.8) is 0 Å². The van der Waals surface area contributed by atoms with Gasteiger partial charge in [-0.05, 0) is 50.3 Å². The number of benzene rings is 1. The van der Waals surface area contributed by atoms with Gasteiger partial charge in [-0.1, -0.05) is 17.7 Å². The normalized spacial score (nSPS) is 16.2. The molecular weight excluding hydrogens is 493 g/mol. The summed E-state index contributed by atoms with van der Waals surface area (Å²) >= 11 is 5.98. The van der Waals surface area contributed by atoms with E-state index in [1.807, 2.05) is 31.2 Å². The number of nitrogens with zero attached hydrogens (tertiary/aromatic N) is 1. The van der Waals surface area contributed by atoms with Crippen molar-refractivity contribution in [1.82, 2.24) is 10.6 Å². The molecule has 0 radical (unpaired) electrons. The second-order valence-corrected chi connectivity index (χ2v) is 7.19. The zero-order chi connectivity index (χ0) is 19.3. The van der Waals surface area contributed by atoms with Crippen LogP contribution in [0.3, 0.4) is 0 Å². The zero-order valence-corrected chi connectivity index (χ0v) is 19.9. The number of ether oxygens (including phenoxy) is 3. The minimum atomic E-state index is -0.00942. The van der Waals surface area contributed by atoms with Gasteiger partial charge in [-0.2, -0.15) is 0 Å². The number of hydrogen-bond acceptors (Lipinski definition) is 4. The van der Waals surface area contributed by atoms with Crippen LogP contribution in [0.25, 0.3) is 0 Å². The van der Waals surface area contributed by atoms with E-state index >= 15 is 0 Å². The topological polar surface area (TPSA) is 64.1 Å². The Labute approximate surface area is 190 Å². The van der Waals surface area contributed by atoms with E-state index in [2.05, 4.69) is 15.6 Å². The first-order valence-electron chi connectivity index (χ1n) is 9.69. The Kier molecular flexibility index (Phi) is 13.6. The summed E-state index contributed by atoms with van der Waals surface area (Å²) in [5.74, 6) is 2.18. The fourth-order valence-corrected chi connectivity index (χ4v) is 3.00. The van der Waals surface area contributed by atoms with Crippen molar-refractivity contribution in [2.24, 2.45) is 10.9 Å². The van der Waals surface area contributed by atoms with Crippen LogP contribution in [0.15, 0.2) is 29.3 Å². The molecule has 0 bridgehead atoms. The van der Waals surface area contributed by atoms with Gasteiger partial charge in [-0.15, -0.1) is 24.0 Å². The lowest BCUT2D eigenvalue weighted by atomic mass is 10.0. The third-order valence-corrected chi connectivity index (χ3v) is 4.60. The standard InChI is InChI=1S/C20H32ClN3O3.HI/c1-16(27-19-6-3-5-18(21)13-19)14-24-20(22-2)23-9-4-10-26-15-17-7-11-25-12-8-17;/h3,5-6,13,16-17H,4,7-12,14-15H2,1-2H3,(H2,22,23,24);1H. The molecule has 1 atom stereocenters. The summed E-state index contributed by atoms with van der Waals surface area (Å²) in [6, 6.07) is 7.42. The monoisotopic (exact) mass is 525 g/mol. The van der Waals surface area contributed by atoms with E-state index in [0.717, 1.165) is 63.9 Å². The van der Waals surface area contributed by atoms with Crippen LogP contribution in [0.5, 0.6) is 5.75 Å². The van der Waals surface area contributed by atoms with Crippen LogP contribution in [0, 0.1) is 5.92 Å². The first kappa shape index (κ1) is 25.3. The average molecular weight is 526 g/mol. The Hall–Kier alpha value is -0.770. The molecule has 28 heavy (non-hydrogen) atoms. The summed E-state index contributed by atoms with van der Waals surface area (Å²) in [6.07, 6.45) is 3.16. The summed E-state index contributed by atoms with van der Waals surface area (Å²) in [7, 11) is 1.76. The second-order valence-electron chi connectivity index (χ2n) is 6.75. The molecule has 2 rings (SSSR count). The van der Waals surface area contributed by atoms with Crippen molar-refractivity contribution in [3.05, 3.63) is 29.3 Å². The van der Waals surface area contributed by atoms with Gasteiger partial charge in [-0.25, -0.2) is 0 Å². The third-order valence-electron chi connectivity index (χ3n) is 4.37. The first-order chi connectivity index (χ1) is 13.2. The highest BCUT2D eigenvalue weighted by Crippen LogP contribution is 2.18. The predicted octanol–water partition coefficient (Wildman–Crippen LogP) is 3.72. The van der Waals surface area contributed by atoms with Gasteiger partial charge in [0.25, 0.3) is 0 Å². The van der Waals surface area contributed by atoms with Crippen molar-refractivity contribution >= 4 is 41.5 Å². The van der Waals surface area contributed by atoms with Gasteiger partial charge in [0.15, 0.2) is 5.96 Å². The summed E-state index contributed by atoms with van der Waals surface area (Å²) < 4.78 is 17.0. The highest BCUT2D eigenvalue weighted by atomic mass is 127. The summed E-state index contributed by atoms with van der Waals surface area (Å²) in [5, 5.41) is 7.24. The molecule has 0 amide bonds. The maximum Gasteiger partial charge on any atom is 0.191 e. The van der Waals surface area contributed by atoms with Crippen LogP contribution in [0.1, 0.15) is 26.2 Å². The lowest BCUT2D eigenvalue weighted by Crippen LogP contribution is -2.42. The second kappa shape index (κ2) is 15.1. The van der Waals surface area contributed by atoms with E-state index in [1.165, 1.54) is 0 Å². The zero-order valence-electron chi connectivity index (χ0n) is 16.8. The van der Waals surface area contributed by atoms with Crippen molar-refractivity contribution in [3.8, 4) is 5.75 Å². The Bertz CT molecular complexity index is 571. The molecule has 0 spiro atoms. The predicted molar refractivity (Wildman–Crippen MR) is 125 cm³/mol. The fraction of sp³-hybridized carbons (Fsp3) is 0.650. The van der Waals surface area contributed by atoms with Crippen LogP contribution in [-0.4, -0.2) is 58.6 Å². The molecule has 1 aromatic rings. The molecule has 1 heterocycles. The summed E-state index contributed by atoms with van der Waals surface area (Å²) in [5.41, 5.74) is 0. The van der Waals surface area contributed by atoms with E-state index in [4.69, 9.17) is 25.8 Å². The summed E-state index contributed by atoms with van der Waals surface area (Å²) in [6.45, 7) is 6.81. The van der Waals surface area contributed by atoms with Crippen molar-refractivity contribution in [2.75, 3.05) is 46.6 Å². The number of rotatable bonds is 10. The van der Waals surface area contributed by atoms with Crippen molar-refractivity contribution in [2.45, 2.75) is 32.3 Å². The number of hydrogen-bond donors (Lipinski definition) is 2. The Morgan fingerprint density at radius 1 is 1.32 bits per heavy atom. The minimum Gasteiger partial charge on any atom is -0.489 e. The smallest absolute Gasteiger partial charge is 0.191 e. The van der Waals surface area contributed by atoms with Gasteiger partial charge in [-0.3, -0.25) is 4.99 Å². The quantitative estimate of drug-likeness (QED) is 0.211. The molecule has 1 fully saturated rings. The van der Waals surface area contributed by atoms with Crippen LogP contribution in [0.4, 0.5) is 0 Å². The molecular formula is C20H33ClIN3O3. The molecule has 160 valence electrons. The average Bonchev–Trinajstić information content (AvgIpc) is 2.67. The number of aliphatic imine (C=N–C) groups is 1. The van der Waals surface area contributed by atoms with E-state index in [0.29, 0.717) is 17.5 Å². The largest absolute Gasteiger partial charge is 0.489 e. The van der Waals surface area contributed by atoms with E-state index in [9.17, 15) is 0 Å². The van der Waals surface area contributed by atoms with Crippen molar-refractivity contribution < 1.29 is 14.2 Å². The van der Waals surface area contributed by atoms with Crippen LogP contribution < -0.4 is 15.4 Å². The Balaban J connectivity index is 0.00000392. The lowest BCUT2D eigenvalue weighted by Gasteiger charge is -2.21. The van der Waals surface area contributed by atoms with E-state index < -0.39 is 0 Å².